The largest absolute Gasteiger partial charge is 0.379 e. The van der Waals surface area contributed by atoms with E-state index in [0.717, 1.165) is 69.3 Å². The van der Waals surface area contributed by atoms with Gasteiger partial charge in [-0.3, -0.25) is 19.3 Å². The van der Waals surface area contributed by atoms with E-state index in [1.807, 2.05) is 47.1 Å². The summed E-state index contributed by atoms with van der Waals surface area (Å²) in [5.41, 5.74) is 3.14. The van der Waals surface area contributed by atoms with Crippen molar-refractivity contribution in [2.75, 3.05) is 49.7 Å². The number of hydrogen-bond acceptors (Lipinski definition) is 5. The van der Waals surface area contributed by atoms with Crippen molar-refractivity contribution >= 4 is 34.7 Å². The Morgan fingerprint density at radius 2 is 1.97 bits per heavy atom. The molecule has 0 atom stereocenters. The minimum atomic E-state index is -0.0849. The van der Waals surface area contributed by atoms with Crippen LogP contribution in [0.5, 0.6) is 0 Å². The van der Waals surface area contributed by atoms with Crippen LogP contribution in [0.1, 0.15) is 23.2 Å². The number of rotatable bonds is 4. The number of carbonyl (C=O) groups is 1. The van der Waals surface area contributed by atoms with Gasteiger partial charge in [0.2, 0.25) is 0 Å². The van der Waals surface area contributed by atoms with E-state index in [-0.39, 0.29) is 5.91 Å². The zero-order valence-corrected chi connectivity index (χ0v) is 18.4. The fraction of sp³-hybridized carbons (Fsp3) is 0.391. The molecule has 3 aliphatic rings. The Morgan fingerprint density at radius 3 is 2.74 bits per heavy atom. The summed E-state index contributed by atoms with van der Waals surface area (Å²) in [6.45, 7) is 5.02. The van der Waals surface area contributed by atoms with Crippen LogP contribution in [0.3, 0.4) is 0 Å². The lowest BCUT2D eigenvalue weighted by atomic mass is 10.1. The number of fused-ring (bicyclic) bond motifs is 2. The molecule has 1 fully saturated rings. The van der Waals surface area contributed by atoms with E-state index >= 15 is 0 Å². The second-order valence-corrected chi connectivity index (χ2v) is 8.46. The average Bonchev–Trinajstić information content (AvgIpc) is 3.20. The fourth-order valence-electron chi connectivity index (χ4n) is 4.32. The van der Waals surface area contributed by atoms with Crippen LogP contribution >= 0.6 is 11.6 Å². The normalized spacial score (nSPS) is 19.2. The van der Waals surface area contributed by atoms with E-state index in [1.54, 1.807) is 4.90 Å². The molecule has 7 nitrogen and oxygen atoms in total. The van der Waals surface area contributed by atoms with Crippen molar-refractivity contribution in [1.29, 1.82) is 0 Å². The maximum atomic E-state index is 13.8. The Bertz CT molecular complexity index is 1050. The lowest BCUT2D eigenvalue weighted by molar-refractivity contribution is 0.0360. The number of aromatic nitrogens is 2. The molecule has 2 aromatic rings. The van der Waals surface area contributed by atoms with Gasteiger partial charge in [0.05, 0.1) is 31.1 Å². The molecule has 1 aromatic heterocycles. The molecule has 0 bridgehead atoms. The molecule has 0 radical (unpaired) electrons. The minimum Gasteiger partial charge on any atom is -0.379 e. The van der Waals surface area contributed by atoms with Gasteiger partial charge in [-0.05, 0) is 37.1 Å². The number of amides is 1. The molecular weight excluding hydrogens is 414 g/mol. The van der Waals surface area contributed by atoms with Crippen molar-refractivity contribution < 1.29 is 9.53 Å². The highest BCUT2D eigenvalue weighted by Crippen LogP contribution is 2.42. The first-order chi connectivity index (χ1) is 15.1. The summed E-state index contributed by atoms with van der Waals surface area (Å²) in [5, 5.41) is 5.39. The summed E-state index contributed by atoms with van der Waals surface area (Å²) < 4.78 is 7.32. The lowest BCUT2D eigenvalue weighted by Gasteiger charge is -2.27. The van der Waals surface area contributed by atoms with Gasteiger partial charge in [0.15, 0.2) is 5.82 Å². The summed E-state index contributed by atoms with van der Waals surface area (Å²) >= 11 is 6.33. The average molecular weight is 440 g/mol. The van der Waals surface area contributed by atoms with E-state index < -0.39 is 0 Å². The number of benzene rings is 1. The fourth-order valence-corrected chi connectivity index (χ4v) is 4.48. The Hall–Kier alpha value is -2.61. The van der Waals surface area contributed by atoms with Gasteiger partial charge in [-0.15, -0.1) is 0 Å². The van der Waals surface area contributed by atoms with Gasteiger partial charge in [0.25, 0.3) is 5.91 Å². The summed E-state index contributed by atoms with van der Waals surface area (Å²) in [4.78, 5) is 19.9. The van der Waals surface area contributed by atoms with Crippen molar-refractivity contribution in [1.82, 2.24) is 14.7 Å². The van der Waals surface area contributed by atoms with Crippen LogP contribution in [0.2, 0.25) is 5.02 Å². The Balaban J connectivity index is 1.52. The predicted octanol–water partition coefficient (Wildman–Crippen LogP) is 3.83. The summed E-state index contributed by atoms with van der Waals surface area (Å²) in [7, 11) is 1.95. The van der Waals surface area contributed by atoms with Crippen molar-refractivity contribution in [2.24, 2.45) is 0 Å². The number of carbonyl (C=O) groups excluding carboxylic acids is 1. The van der Waals surface area contributed by atoms with Crippen LogP contribution < -0.4 is 9.80 Å². The minimum absolute atomic E-state index is 0.0849. The molecule has 0 unspecified atom stereocenters. The maximum Gasteiger partial charge on any atom is 0.268 e. The summed E-state index contributed by atoms with van der Waals surface area (Å²) in [6, 6.07) is 5.66. The van der Waals surface area contributed by atoms with Gasteiger partial charge in [-0.25, -0.2) is 0 Å². The van der Waals surface area contributed by atoms with Crippen molar-refractivity contribution in [2.45, 2.75) is 19.4 Å². The van der Waals surface area contributed by atoms with Crippen LogP contribution in [-0.4, -0.2) is 60.5 Å². The molecule has 0 spiro atoms. The van der Waals surface area contributed by atoms with E-state index in [4.69, 9.17) is 21.4 Å². The second kappa shape index (κ2) is 8.49. The van der Waals surface area contributed by atoms with Crippen LogP contribution in [-0.2, 0) is 11.3 Å². The predicted molar refractivity (Wildman–Crippen MR) is 122 cm³/mol. The van der Waals surface area contributed by atoms with Crippen LogP contribution in [0.15, 0.2) is 48.3 Å². The molecule has 1 aromatic carbocycles. The van der Waals surface area contributed by atoms with Gasteiger partial charge < -0.3 is 9.64 Å². The highest BCUT2D eigenvalue weighted by molar-refractivity contribution is 6.31. The first-order valence-corrected chi connectivity index (χ1v) is 11.1. The lowest BCUT2D eigenvalue weighted by Crippen LogP contribution is -2.38. The molecule has 3 heterocycles. The van der Waals surface area contributed by atoms with E-state index in [1.165, 1.54) is 0 Å². The van der Waals surface area contributed by atoms with Crippen LogP contribution in [0.4, 0.5) is 17.2 Å². The molecule has 162 valence electrons. The quantitative estimate of drug-likeness (QED) is 0.724. The molecule has 1 amide bonds. The van der Waals surface area contributed by atoms with Gasteiger partial charge in [0, 0.05) is 43.6 Å². The highest BCUT2D eigenvalue weighted by atomic mass is 35.5. The first-order valence-electron chi connectivity index (χ1n) is 10.7. The molecule has 1 saturated heterocycles. The Morgan fingerprint density at radius 1 is 1.13 bits per heavy atom. The van der Waals surface area contributed by atoms with Crippen LogP contribution in [0.25, 0.3) is 0 Å². The maximum absolute atomic E-state index is 13.8. The van der Waals surface area contributed by atoms with E-state index in [9.17, 15) is 4.79 Å². The van der Waals surface area contributed by atoms with Crippen molar-refractivity contribution in [3.63, 3.8) is 0 Å². The molecule has 1 aliphatic carbocycles. The molecular formula is C23H26ClN5O2. The molecule has 5 rings (SSSR count). The number of morpholine rings is 1. The highest BCUT2D eigenvalue weighted by Gasteiger charge is 2.34. The molecule has 0 saturated carbocycles. The number of ether oxygens (including phenoxy) is 1. The number of halogens is 1. The summed E-state index contributed by atoms with van der Waals surface area (Å²) in [6.07, 6.45) is 10.00. The van der Waals surface area contributed by atoms with E-state index in [0.29, 0.717) is 16.4 Å². The smallest absolute Gasteiger partial charge is 0.268 e. The van der Waals surface area contributed by atoms with Gasteiger partial charge >= 0.3 is 0 Å². The molecule has 31 heavy (non-hydrogen) atoms. The molecule has 0 N–H and O–H groups in total. The van der Waals surface area contributed by atoms with E-state index in [2.05, 4.69) is 17.1 Å². The van der Waals surface area contributed by atoms with Gasteiger partial charge in [-0.1, -0.05) is 23.8 Å². The third kappa shape index (κ3) is 3.89. The zero-order chi connectivity index (χ0) is 21.4. The number of anilines is 3. The monoisotopic (exact) mass is 439 g/mol. The topological polar surface area (TPSA) is 53.8 Å². The number of allylic oxidation sites excluding steroid dienone is 3. The van der Waals surface area contributed by atoms with Crippen molar-refractivity contribution in [3.05, 3.63) is 58.9 Å². The number of nitrogens with zero attached hydrogens (tertiary/aromatic N) is 5. The standard InChI is InChI=1S/C23H26ClN5O2/c1-26-20-8-7-17(24)15-21(20)29(18-5-3-2-4-6-18)23(30)19-16-28(25-22(19)26)10-9-27-11-13-31-14-12-27/h3,5-8,15-16H,2,4,9-14H2,1H3. The van der Waals surface area contributed by atoms with Crippen molar-refractivity contribution in [3.8, 4) is 0 Å². The Labute approximate surface area is 187 Å². The third-order valence-electron chi connectivity index (χ3n) is 6.02. The Kier molecular flexibility index (Phi) is 5.56. The second-order valence-electron chi connectivity index (χ2n) is 8.02. The third-order valence-corrected chi connectivity index (χ3v) is 6.25. The van der Waals surface area contributed by atoms with Gasteiger partial charge in [0.1, 0.15) is 5.56 Å². The van der Waals surface area contributed by atoms with Gasteiger partial charge in [-0.2, -0.15) is 5.10 Å². The SMILES string of the molecule is CN1c2ccc(Cl)cc2N(C2=CCCC=C2)C(=O)c2cn(CCN3CCOCC3)nc21. The first kappa shape index (κ1) is 20.3. The summed E-state index contributed by atoms with van der Waals surface area (Å²) in [5.74, 6) is 0.580. The zero-order valence-electron chi connectivity index (χ0n) is 17.6. The van der Waals surface area contributed by atoms with Crippen LogP contribution in [0, 0.1) is 0 Å². The molecule has 2 aliphatic heterocycles. The molecule has 8 heteroatoms. The number of hydrogen-bond donors (Lipinski definition) is 0.